The molecule has 2 fully saturated rings. The number of ether oxygens (including phenoxy) is 1. The Balaban J connectivity index is 1.23. The number of piperidine rings is 1. The first-order valence-electron chi connectivity index (χ1n) is 16.4. The lowest BCUT2D eigenvalue weighted by molar-refractivity contribution is -0.0434. The van der Waals surface area contributed by atoms with Gasteiger partial charge in [-0.05, 0) is 82.3 Å². The molecule has 3 heterocycles. The van der Waals surface area contributed by atoms with E-state index in [1.807, 2.05) is 69.3 Å². The molecule has 1 amide bonds. The number of nitrogens with zero attached hydrogens (tertiary/aromatic N) is 3. The van der Waals surface area contributed by atoms with Crippen LogP contribution in [0.3, 0.4) is 0 Å². The molecule has 4 aromatic rings. The fourth-order valence-corrected chi connectivity index (χ4v) is 8.24. The number of anilines is 1. The van der Waals surface area contributed by atoms with Crippen LogP contribution in [0.15, 0.2) is 82.1 Å². The Morgan fingerprint density at radius 3 is 2.31 bits per heavy atom. The summed E-state index contributed by atoms with van der Waals surface area (Å²) < 4.78 is 41.3. The lowest BCUT2D eigenvalue weighted by Gasteiger charge is -2.54. The maximum absolute atomic E-state index is 14.4. The Labute approximate surface area is 281 Å². The molecule has 0 saturated carbocycles. The SMILES string of the molecule is Cc1c(C(=O)O)oc2ccc(S(=O)(=O)N(CCc3ccccc3)Cc3ccccc3N3CCC4(CC3)CN(C(=O)OC(C)(C)C)C4)cc12. The number of hydrogen-bond donors (Lipinski definition) is 1. The highest BCUT2D eigenvalue weighted by atomic mass is 32.2. The number of benzene rings is 3. The molecule has 0 atom stereocenters. The Bertz CT molecular complexity index is 1920. The van der Waals surface area contributed by atoms with E-state index in [2.05, 4.69) is 11.0 Å². The van der Waals surface area contributed by atoms with E-state index in [-0.39, 0.29) is 35.3 Å². The zero-order valence-corrected chi connectivity index (χ0v) is 28.8. The number of carboxylic acids is 1. The van der Waals surface area contributed by atoms with Crippen LogP contribution in [0.2, 0.25) is 0 Å². The number of fused-ring (bicyclic) bond motifs is 1. The quantitative estimate of drug-likeness (QED) is 0.208. The number of furan rings is 1. The normalized spacial score (nSPS) is 16.4. The van der Waals surface area contributed by atoms with Crippen LogP contribution in [0.25, 0.3) is 11.0 Å². The number of aryl methyl sites for hydroxylation is 1. The number of carboxylic acid groups (broad SMARTS) is 1. The van der Waals surface area contributed by atoms with Crippen LogP contribution in [0.5, 0.6) is 0 Å². The molecule has 3 aromatic carbocycles. The Morgan fingerprint density at radius 1 is 0.979 bits per heavy atom. The van der Waals surface area contributed by atoms with Crippen molar-refractivity contribution in [1.29, 1.82) is 0 Å². The highest BCUT2D eigenvalue weighted by molar-refractivity contribution is 7.89. The van der Waals surface area contributed by atoms with Crippen LogP contribution in [0, 0.1) is 12.3 Å². The first-order chi connectivity index (χ1) is 22.7. The summed E-state index contributed by atoms with van der Waals surface area (Å²) in [5, 5.41) is 9.99. The van der Waals surface area contributed by atoms with E-state index in [0.29, 0.717) is 36.0 Å². The fraction of sp³-hybridized carbons (Fsp3) is 0.405. The topological polar surface area (TPSA) is 121 Å². The average Bonchev–Trinajstić information content (AvgIpc) is 3.37. The summed E-state index contributed by atoms with van der Waals surface area (Å²) in [5.41, 5.74) is 3.21. The van der Waals surface area contributed by atoms with Gasteiger partial charge in [0.25, 0.3) is 0 Å². The molecular formula is C37H43N3O7S. The summed E-state index contributed by atoms with van der Waals surface area (Å²) in [6, 6.07) is 22.3. The number of carbonyl (C=O) groups is 2. The van der Waals surface area contributed by atoms with Crippen LogP contribution < -0.4 is 4.90 Å². The van der Waals surface area contributed by atoms with Crippen molar-refractivity contribution in [3.05, 3.63) is 95.2 Å². The molecule has 48 heavy (non-hydrogen) atoms. The summed E-state index contributed by atoms with van der Waals surface area (Å²) in [6.07, 6.45) is 2.12. The molecule has 0 unspecified atom stereocenters. The van der Waals surface area contributed by atoms with Gasteiger partial charge in [-0.1, -0.05) is 48.5 Å². The number of para-hydroxylation sites is 1. The van der Waals surface area contributed by atoms with E-state index in [0.717, 1.165) is 42.7 Å². The monoisotopic (exact) mass is 673 g/mol. The van der Waals surface area contributed by atoms with Gasteiger partial charge >= 0.3 is 12.1 Å². The number of likely N-dealkylation sites (tertiary alicyclic amines) is 1. The van der Waals surface area contributed by atoms with Crippen molar-refractivity contribution in [3.63, 3.8) is 0 Å². The maximum atomic E-state index is 14.4. The van der Waals surface area contributed by atoms with Crippen molar-refractivity contribution in [2.24, 2.45) is 5.41 Å². The third-order valence-corrected chi connectivity index (χ3v) is 11.3. The van der Waals surface area contributed by atoms with Gasteiger partial charge in [0.15, 0.2) is 0 Å². The van der Waals surface area contributed by atoms with E-state index in [4.69, 9.17) is 9.15 Å². The highest BCUT2D eigenvalue weighted by Gasteiger charge is 2.48. The molecular weight excluding hydrogens is 630 g/mol. The van der Waals surface area contributed by atoms with Gasteiger partial charge in [0.05, 0.1) is 4.90 Å². The van der Waals surface area contributed by atoms with Crippen LogP contribution in [0.4, 0.5) is 10.5 Å². The van der Waals surface area contributed by atoms with Crippen molar-refractivity contribution in [1.82, 2.24) is 9.21 Å². The average molecular weight is 674 g/mol. The first-order valence-corrected chi connectivity index (χ1v) is 17.8. The summed E-state index contributed by atoms with van der Waals surface area (Å²) in [5.74, 6) is -1.40. The van der Waals surface area contributed by atoms with E-state index in [9.17, 15) is 23.1 Å². The zero-order valence-electron chi connectivity index (χ0n) is 27.9. The van der Waals surface area contributed by atoms with Gasteiger partial charge in [-0.2, -0.15) is 4.31 Å². The molecule has 0 aliphatic carbocycles. The predicted molar refractivity (Wildman–Crippen MR) is 184 cm³/mol. The molecule has 0 radical (unpaired) electrons. The van der Waals surface area contributed by atoms with Crippen molar-refractivity contribution in [3.8, 4) is 0 Å². The second-order valence-electron chi connectivity index (χ2n) is 14.0. The molecule has 11 heteroatoms. The minimum Gasteiger partial charge on any atom is -0.475 e. The van der Waals surface area contributed by atoms with Gasteiger partial charge in [-0.15, -0.1) is 0 Å². The molecule has 0 bridgehead atoms. The third-order valence-electron chi connectivity index (χ3n) is 9.44. The van der Waals surface area contributed by atoms with E-state index >= 15 is 0 Å². The second-order valence-corrected chi connectivity index (χ2v) is 16.0. The van der Waals surface area contributed by atoms with Gasteiger partial charge in [-0.3, -0.25) is 0 Å². The van der Waals surface area contributed by atoms with Gasteiger partial charge in [0.1, 0.15) is 11.2 Å². The highest BCUT2D eigenvalue weighted by Crippen LogP contribution is 2.42. The Morgan fingerprint density at radius 2 is 1.65 bits per heavy atom. The van der Waals surface area contributed by atoms with Crippen molar-refractivity contribution in [2.45, 2.75) is 64.0 Å². The number of aromatic carboxylic acids is 1. The number of amides is 1. The smallest absolute Gasteiger partial charge is 0.410 e. The fourth-order valence-electron chi connectivity index (χ4n) is 6.80. The van der Waals surface area contributed by atoms with Gasteiger partial charge < -0.3 is 24.1 Å². The Kier molecular flexibility index (Phi) is 9.04. The molecule has 10 nitrogen and oxygen atoms in total. The summed E-state index contributed by atoms with van der Waals surface area (Å²) in [4.78, 5) is 28.4. The largest absolute Gasteiger partial charge is 0.475 e. The molecule has 2 aliphatic rings. The van der Waals surface area contributed by atoms with Crippen LogP contribution in [-0.2, 0) is 27.7 Å². The first kappa shape index (κ1) is 33.5. The molecule has 6 rings (SSSR count). The minimum absolute atomic E-state index is 0.0811. The van der Waals surface area contributed by atoms with Crippen LogP contribution in [0.1, 0.15) is 60.9 Å². The lowest BCUT2D eigenvalue weighted by Crippen LogP contribution is -2.62. The number of sulfonamides is 1. The summed E-state index contributed by atoms with van der Waals surface area (Å²) in [7, 11) is -4.00. The molecule has 2 saturated heterocycles. The number of carbonyl (C=O) groups excluding carboxylic acids is 1. The van der Waals surface area contributed by atoms with Crippen molar-refractivity contribution < 1.29 is 32.3 Å². The minimum atomic E-state index is -4.00. The molecule has 1 aromatic heterocycles. The molecule has 1 N–H and O–H groups in total. The second kappa shape index (κ2) is 12.9. The third kappa shape index (κ3) is 6.93. The van der Waals surface area contributed by atoms with E-state index in [1.165, 1.54) is 22.5 Å². The standard InChI is InChI=1S/C37H43N3O7S/c1-26-30-22-29(14-15-32(30)46-33(26)34(41)42)48(44,45)40(19-16-27-10-6-5-7-11-27)23-28-12-8-9-13-31(28)38-20-17-37(18-21-38)24-39(25-37)35(43)47-36(2,3)4/h5-15,22H,16-21,23-25H2,1-4H3,(H,41,42). The maximum Gasteiger partial charge on any atom is 0.410 e. The lowest BCUT2D eigenvalue weighted by atomic mass is 9.72. The Hall–Kier alpha value is -4.35. The van der Waals surface area contributed by atoms with Crippen LogP contribution in [-0.4, -0.2) is 73.1 Å². The molecule has 1 spiro atoms. The zero-order chi connectivity index (χ0) is 34.3. The van der Waals surface area contributed by atoms with Gasteiger partial charge in [0.2, 0.25) is 15.8 Å². The van der Waals surface area contributed by atoms with E-state index in [1.54, 1.807) is 11.8 Å². The number of hydrogen-bond acceptors (Lipinski definition) is 7. The van der Waals surface area contributed by atoms with E-state index < -0.39 is 21.6 Å². The molecule has 2 aliphatic heterocycles. The predicted octanol–water partition coefficient (Wildman–Crippen LogP) is 6.71. The van der Waals surface area contributed by atoms with Crippen LogP contribution >= 0.6 is 0 Å². The van der Waals surface area contributed by atoms with Gasteiger partial charge in [0, 0.05) is 61.3 Å². The molecule has 254 valence electrons. The van der Waals surface area contributed by atoms with Crippen molar-refractivity contribution in [2.75, 3.05) is 37.6 Å². The summed E-state index contributed by atoms with van der Waals surface area (Å²) >= 11 is 0. The summed E-state index contributed by atoms with van der Waals surface area (Å²) in [6.45, 7) is 10.7. The van der Waals surface area contributed by atoms with Gasteiger partial charge in [-0.25, -0.2) is 18.0 Å². The van der Waals surface area contributed by atoms with Crippen molar-refractivity contribution >= 4 is 38.7 Å². The number of rotatable bonds is 9.